The van der Waals surface area contributed by atoms with Gasteiger partial charge in [0.05, 0.1) is 23.7 Å². The van der Waals surface area contributed by atoms with Crippen LogP contribution in [0.4, 0.5) is 13.2 Å². The maximum atomic E-state index is 13.0. The number of ether oxygens (including phenoxy) is 1. The van der Waals surface area contributed by atoms with Crippen molar-refractivity contribution in [2.45, 2.75) is 6.18 Å². The van der Waals surface area contributed by atoms with Crippen molar-refractivity contribution in [3.8, 4) is 5.75 Å². The van der Waals surface area contributed by atoms with Gasteiger partial charge in [0.2, 0.25) is 0 Å². The van der Waals surface area contributed by atoms with Crippen LogP contribution < -0.4 is 10.3 Å². The van der Waals surface area contributed by atoms with Crippen LogP contribution >= 0.6 is 0 Å². The number of allylic oxidation sites excluding steroid dienone is 1. The van der Waals surface area contributed by atoms with Gasteiger partial charge in [-0.25, -0.2) is 4.98 Å². The van der Waals surface area contributed by atoms with Crippen molar-refractivity contribution in [3.63, 3.8) is 0 Å². The Bertz CT molecular complexity index is 993. The quantitative estimate of drug-likeness (QED) is 0.723. The molecule has 3 aromatic rings. The predicted octanol–water partition coefficient (Wildman–Crippen LogP) is 3.86. The molecule has 1 aromatic heterocycles. The topological polar surface area (TPSA) is 44.1 Å². The van der Waals surface area contributed by atoms with Crippen molar-refractivity contribution in [3.05, 3.63) is 76.9 Å². The molecule has 7 heteroatoms. The van der Waals surface area contributed by atoms with Crippen LogP contribution in [-0.2, 0) is 0 Å². The summed E-state index contributed by atoms with van der Waals surface area (Å²) in [6.45, 7) is 0. The second kappa shape index (κ2) is 6.43. The number of rotatable bonds is 3. The zero-order chi connectivity index (χ0) is 18.0. The molecular formula is C18H13F3N2O2. The van der Waals surface area contributed by atoms with Gasteiger partial charge >= 0.3 is 6.18 Å². The van der Waals surface area contributed by atoms with Gasteiger partial charge in [0, 0.05) is 6.08 Å². The van der Waals surface area contributed by atoms with Crippen LogP contribution in [0.5, 0.6) is 5.75 Å². The molecule has 0 fully saturated rings. The number of fused-ring (bicyclic) bond motifs is 1. The van der Waals surface area contributed by atoms with Crippen molar-refractivity contribution in [1.29, 1.82) is 0 Å². The van der Waals surface area contributed by atoms with Gasteiger partial charge in [0.25, 0.3) is 5.56 Å². The lowest BCUT2D eigenvalue weighted by Crippen LogP contribution is -2.22. The normalized spacial score (nSPS) is 12.4. The molecule has 4 nitrogen and oxygen atoms in total. The van der Waals surface area contributed by atoms with Crippen LogP contribution in [-0.4, -0.2) is 22.8 Å². The first-order valence-corrected chi connectivity index (χ1v) is 7.30. The summed E-state index contributed by atoms with van der Waals surface area (Å²) in [4.78, 5) is 16.8. The van der Waals surface area contributed by atoms with E-state index in [1.165, 1.54) is 25.3 Å². The summed E-state index contributed by atoms with van der Waals surface area (Å²) in [5.41, 5.74) is -0.272. The predicted molar refractivity (Wildman–Crippen MR) is 88.4 cm³/mol. The molecule has 25 heavy (non-hydrogen) atoms. The highest BCUT2D eigenvalue weighted by Gasteiger charge is 2.26. The third kappa shape index (κ3) is 3.55. The minimum atomic E-state index is -4.59. The zero-order valence-electron chi connectivity index (χ0n) is 13.1. The molecule has 0 aliphatic rings. The lowest BCUT2D eigenvalue weighted by atomic mass is 10.1. The smallest absolute Gasteiger partial charge is 0.411 e. The van der Waals surface area contributed by atoms with Crippen LogP contribution in [0.15, 0.2) is 65.7 Å². The molecule has 0 amide bonds. The molecule has 0 unspecified atom stereocenters. The highest BCUT2D eigenvalue weighted by molar-refractivity contribution is 5.80. The average Bonchev–Trinajstić information content (AvgIpc) is 2.60. The number of benzene rings is 2. The van der Waals surface area contributed by atoms with Crippen molar-refractivity contribution in [2.24, 2.45) is 0 Å². The molecule has 0 bridgehead atoms. The second-order valence-electron chi connectivity index (χ2n) is 5.24. The molecule has 1 heterocycles. The molecule has 128 valence electrons. The molecule has 0 N–H and O–H groups in total. The zero-order valence-corrected chi connectivity index (χ0v) is 13.1. The number of hydrogen-bond acceptors (Lipinski definition) is 3. The second-order valence-corrected chi connectivity index (χ2v) is 5.24. The van der Waals surface area contributed by atoms with Crippen LogP contribution in [0.3, 0.4) is 0 Å². The largest absolute Gasteiger partial charge is 0.497 e. The van der Waals surface area contributed by atoms with Crippen LogP contribution in [0, 0.1) is 0 Å². The highest BCUT2D eigenvalue weighted by Crippen LogP contribution is 2.25. The Morgan fingerprint density at radius 1 is 1.16 bits per heavy atom. The number of nitrogens with zero attached hydrogens (tertiary/aromatic N) is 2. The van der Waals surface area contributed by atoms with E-state index >= 15 is 0 Å². The Morgan fingerprint density at radius 2 is 1.88 bits per heavy atom. The van der Waals surface area contributed by atoms with Gasteiger partial charge in [-0.1, -0.05) is 30.3 Å². The van der Waals surface area contributed by atoms with Crippen LogP contribution in [0.25, 0.3) is 16.6 Å². The number of aromatic nitrogens is 2. The molecule has 3 rings (SSSR count). The number of halogens is 3. The van der Waals surface area contributed by atoms with E-state index in [2.05, 4.69) is 4.98 Å². The van der Waals surface area contributed by atoms with Gasteiger partial charge in [-0.05, 0) is 23.8 Å². The van der Waals surface area contributed by atoms with Gasteiger partial charge < -0.3 is 4.74 Å². The van der Waals surface area contributed by atoms with Crippen molar-refractivity contribution >= 4 is 16.6 Å². The maximum Gasteiger partial charge on any atom is 0.411 e. The maximum absolute atomic E-state index is 13.0. The fraction of sp³-hybridized carbons (Fsp3) is 0.111. The number of methoxy groups -OCH3 is 1. The van der Waals surface area contributed by atoms with Crippen LogP contribution in [0.1, 0.15) is 5.56 Å². The van der Waals surface area contributed by atoms with Gasteiger partial charge in [-0.2, -0.15) is 13.2 Å². The third-order valence-electron chi connectivity index (χ3n) is 3.59. The van der Waals surface area contributed by atoms with E-state index in [0.29, 0.717) is 11.3 Å². The molecule has 0 spiro atoms. The monoisotopic (exact) mass is 346 g/mol. The molecule has 2 aromatic carbocycles. The number of alkyl halides is 3. The Kier molecular flexibility index (Phi) is 4.31. The van der Waals surface area contributed by atoms with Gasteiger partial charge in [0.15, 0.2) is 0 Å². The van der Waals surface area contributed by atoms with E-state index in [9.17, 15) is 18.0 Å². The summed E-state index contributed by atoms with van der Waals surface area (Å²) < 4.78 is 45.0. The standard InChI is InChI=1S/C18H13F3N2O2/c1-25-13-7-8-15-14(9-13)17(24)23(11-22-15)16(10-18(19,20)21)12-5-3-2-4-6-12/h2-11H,1H3/b16-10-. The first kappa shape index (κ1) is 16.8. The first-order chi connectivity index (χ1) is 11.9. The van der Waals surface area contributed by atoms with E-state index in [1.807, 2.05) is 0 Å². The van der Waals surface area contributed by atoms with Gasteiger partial charge in [0.1, 0.15) is 12.1 Å². The first-order valence-electron chi connectivity index (χ1n) is 7.30. The molecule has 0 saturated carbocycles. The minimum absolute atomic E-state index is 0.0947. The number of hydrogen-bond donors (Lipinski definition) is 0. The summed E-state index contributed by atoms with van der Waals surface area (Å²) in [6.07, 6.45) is -3.40. The molecule has 0 aliphatic heterocycles. The molecule has 0 saturated heterocycles. The highest BCUT2D eigenvalue weighted by atomic mass is 19.4. The third-order valence-corrected chi connectivity index (χ3v) is 3.59. The van der Waals surface area contributed by atoms with E-state index in [0.717, 1.165) is 10.9 Å². The fourth-order valence-electron chi connectivity index (χ4n) is 2.46. The molecule has 0 atom stereocenters. The van der Waals surface area contributed by atoms with E-state index in [4.69, 9.17) is 4.74 Å². The van der Waals surface area contributed by atoms with Crippen molar-refractivity contribution in [2.75, 3.05) is 7.11 Å². The SMILES string of the molecule is COc1ccc2ncn(/C(=C\C(F)(F)F)c3ccccc3)c(=O)c2c1. The van der Waals surface area contributed by atoms with E-state index in [-0.39, 0.29) is 22.7 Å². The Hall–Kier alpha value is -3.09. The fourth-order valence-corrected chi connectivity index (χ4v) is 2.46. The lowest BCUT2D eigenvalue weighted by Gasteiger charge is -2.13. The lowest BCUT2D eigenvalue weighted by molar-refractivity contribution is -0.0795. The molecular weight excluding hydrogens is 333 g/mol. The van der Waals surface area contributed by atoms with E-state index < -0.39 is 11.7 Å². The summed E-state index contributed by atoms with van der Waals surface area (Å²) >= 11 is 0. The Balaban J connectivity index is 2.28. The molecule has 0 aliphatic carbocycles. The summed E-state index contributed by atoms with van der Waals surface area (Å²) in [5, 5.41) is 0.172. The Labute approximate surface area is 140 Å². The minimum Gasteiger partial charge on any atom is -0.497 e. The Morgan fingerprint density at radius 3 is 2.52 bits per heavy atom. The average molecular weight is 346 g/mol. The summed E-state index contributed by atoms with van der Waals surface area (Å²) in [5.74, 6) is 0.421. The van der Waals surface area contributed by atoms with E-state index in [1.54, 1.807) is 30.3 Å². The summed E-state index contributed by atoms with van der Waals surface area (Å²) in [7, 11) is 1.44. The van der Waals surface area contributed by atoms with Crippen molar-refractivity contribution in [1.82, 2.24) is 9.55 Å². The van der Waals surface area contributed by atoms with Gasteiger partial charge in [-0.15, -0.1) is 0 Å². The van der Waals surface area contributed by atoms with Crippen molar-refractivity contribution < 1.29 is 17.9 Å². The van der Waals surface area contributed by atoms with Crippen LogP contribution in [0.2, 0.25) is 0 Å². The molecule has 0 radical (unpaired) electrons. The summed E-state index contributed by atoms with van der Waals surface area (Å²) in [6, 6.07) is 12.5. The van der Waals surface area contributed by atoms with Gasteiger partial charge in [-0.3, -0.25) is 9.36 Å².